The first kappa shape index (κ1) is 12.6. The van der Waals surface area contributed by atoms with Crippen LogP contribution in [0.3, 0.4) is 0 Å². The zero-order valence-electron chi connectivity index (χ0n) is 10.5. The van der Waals surface area contributed by atoms with Crippen LogP contribution >= 0.6 is 0 Å². The van der Waals surface area contributed by atoms with E-state index < -0.39 is 0 Å². The van der Waals surface area contributed by atoms with Crippen LogP contribution in [-0.2, 0) is 0 Å². The fraction of sp³-hybridized carbons (Fsp3) is 0.200. The van der Waals surface area contributed by atoms with Gasteiger partial charge in [0.1, 0.15) is 11.6 Å². The van der Waals surface area contributed by atoms with Gasteiger partial charge in [-0.3, -0.25) is 0 Å². The first-order chi connectivity index (χ1) is 8.61. The summed E-state index contributed by atoms with van der Waals surface area (Å²) in [4.78, 5) is 0. The maximum absolute atomic E-state index is 12.9. The molecule has 2 nitrogen and oxygen atoms in total. The maximum Gasteiger partial charge on any atom is 0.123 e. The molecule has 94 valence electrons. The minimum absolute atomic E-state index is 0.252. The third-order valence-electron chi connectivity index (χ3n) is 3.04. The second kappa shape index (κ2) is 5.19. The average Bonchev–Trinajstić information content (AvgIpc) is 2.38. The van der Waals surface area contributed by atoms with Gasteiger partial charge in [0.05, 0.1) is 13.2 Å². The predicted octanol–water partition coefficient (Wildman–Crippen LogP) is 3.19. The Morgan fingerprint density at radius 1 is 1.11 bits per heavy atom. The van der Waals surface area contributed by atoms with Crippen molar-refractivity contribution >= 4 is 0 Å². The molecule has 1 atom stereocenters. The average molecular weight is 245 g/mol. The highest BCUT2D eigenvalue weighted by molar-refractivity contribution is 5.40. The van der Waals surface area contributed by atoms with Crippen LogP contribution in [0, 0.1) is 12.7 Å². The number of halogens is 1. The zero-order chi connectivity index (χ0) is 13.1. The van der Waals surface area contributed by atoms with E-state index in [-0.39, 0.29) is 11.9 Å². The highest BCUT2D eigenvalue weighted by Crippen LogP contribution is 2.25. The Morgan fingerprint density at radius 3 is 2.33 bits per heavy atom. The molecule has 0 saturated carbocycles. The summed E-state index contributed by atoms with van der Waals surface area (Å²) in [5, 5.41) is 0. The summed E-state index contributed by atoms with van der Waals surface area (Å²) < 4.78 is 18.0. The Bertz CT molecular complexity index is 537. The molecular weight excluding hydrogens is 229 g/mol. The van der Waals surface area contributed by atoms with E-state index in [9.17, 15) is 4.39 Å². The molecule has 0 fully saturated rings. The predicted molar refractivity (Wildman–Crippen MR) is 70.2 cm³/mol. The molecule has 2 aromatic carbocycles. The minimum Gasteiger partial charge on any atom is -0.497 e. The molecule has 0 bridgehead atoms. The standard InChI is InChI=1S/C15H16FNO/c1-10-9-13(18-2)7-8-14(10)15(17)11-3-5-12(16)6-4-11/h3-9,15H,17H2,1-2H3. The third kappa shape index (κ3) is 2.51. The summed E-state index contributed by atoms with van der Waals surface area (Å²) in [6.07, 6.45) is 0. The van der Waals surface area contributed by atoms with Crippen LogP contribution in [0.15, 0.2) is 42.5 Å². The number of hydrogen-bond donors (Lipinski definition) is 1. The fourth-order valence-corrected chi connectivity index (χ4v) is 1.97. The van der Waals surface area contributed by atoms with Gasteiger partial charge in [0, 0.05) is 0 Å². The second-order valence-corrected chi connectivity index (χ2v) is 4.25. The molecule has 0 aliphatic rings. The van der Waals surface area contributed by atoms with Crippen molar-refractivity contribution in [2.45, 2.75) is 13.0 Å². The van der Waals surface area contributed by atoms with Crippen LogP contribution in [-0.4, -0.2) is 7.11 Å². The Labute approximate surface area is 106 Å². The molecule has 1 unspecified atom stereocenters. The molecule has 0 aliphatic carbocycles. The number of benzene rings is 2. The molecule has 0 aromatic heterocycles. The Kier molecular flexibility index (Phi) is 3.63. The number of hydrogen-bond acceptors (Lipinski definition) is 2. The molecule has 18 heavy (non-hydrogen) atoms. The maximum atomic E-state index is 12.9. The van der Waals surface area contributed by atoms with Crippen molar-refractivity contribution in [2.75, 3.05) is 7.11 Å². The lowest BCUT2D eigenvalue weighted by molar-refractivity contribution is 0.414. The van der Waals surface area contributed by atoms with E-state index in [0.717, 1.165) is 22.4 Å². The lowest BCUT2D eigenvalue weighted by Crippen LogP contribution is -2.13. The smallest absolute Gasteiger partial charge is 0.123 e. The van der Waals surface area contributed by atoms with Crippen molar-refractivity contribution in [3.05, 3.63) is 65.0 Å². The van der Waals surface area contributed by atoms with Crippen molar-refractivity contribution in [1.82, 2.24) is 0 Å². The highest BCUT2D eigenvalue weighted by atomic mass is 19.1. The van der Waals surface area contributed by atoms with Gasteiger partial charge >= 0.3 is 0 Å². The molecule has 2 N–H and O–H groups in total. The summed E-state index contributed by atoms with van der Waals surface area (Å²) in [6, 6.07) is 11.8. The molecular formula is C15H16FNO. The lowest BCUT2D eigenvalue weighted by atomic mass is 9.95. The van der Waals surface area contributed by atoms with Gasteiger partial charge in [-0.25, -0.2) is 4.39 Å². The fourth-order valence-electron chi connectivity index (χ4n) is 1.97. The summed E-state index contributed by atoms with van der Waals surface area (Å²) >= 11 is 0. The van der Waals surface area contributed by atoms with Gasteiger partial charge in [0.15, 0.2) is 0 Å². The summed E-state index contributed by atoms with van der Waals surface area (Å²) in [5.74, 6) is 0.556. The summed E-state index contributed by atoms with van der Waals surface area (Å²) in [7, 11) is 1.63. The Balaban J connectivity index is 2.33. The molecule has 0 spiro atoms. The van der Waals surface area contributed by atoms with Gasteiger partial charge in [-0.05, 0) is 47.9 Å². The molecule has 0 aliphatic heterocycles. The normalized spacial score (nSPS) is 12.2. The van der Waals surface area contributed by atoms with Gasteiger partial charge in [-0.2, -0.15) is 0 Å². The number of nitrogens with two attached hydrogens (primary N) is 1. The van der Waals surface area contributed by atoms with Crippen molar-refractivity contribution in [3.63, 3.8) is 0 Å². The first-order valence-corrected chi connectivity index (χ1v) is 5.77. The molecule has 0 saturated heterocycles. The van der Waals surface area contributed by atoms with Crippen molar-refractivity contribution in [3.8, 4) is 5.75 Å². The Hall–Kier alpha value is -1.87. The van der Waals surface area contributed by atoms with Gasteiger partial charge in [0.25, 0.3) is 0 Å². The molecule has 0 radical (unpaired) electrons. The zero-order valence-corrected chi connectivity index (χ0v) is 10.5. The molecule has 0 heterocycles. The monoisotopic (exact) mass is 245 g/mol. The van der Waals surface area contributed by atoms with Gasteiger partial charge in [-0.15, -0.1) is 0 Å². The van der Waals surface area contributed by atoms with Crippen LogP contribution in [0.4, 0.5) is 4.39 Å². The van der Waals surface area contributed by atoms with Gasteiger partial charge in [-0.1, -0.05) is 18.2 Å². The highest BCUT2D eigenvalue weighted by Gasteiger charge is 2.12. The van der Waals surface area contributed by atoms with E-state index in [1.165, 1.54) is 12.1 Å². The van der Waals surface area contributed by atoms with E-state index >= 15 is 0 Å². The van der Waals surface area contributed by atoms with Crippen LogP contribution in [0.5, 0.6) is 5.75 Å². The van der Waals surface area contributed by atoms with Crippen LogP contribution in [0.2, 0.25) is 0 Å². The van der Waals surface area contributed by atoms with Gasteiger partial charge in [0.2, 0.25) is 0 Å². The van der Waals surface area contributed by atoms with Crippen molar-refractivity contribution in [1.29, 1.82) is 0 Å². The Morgan fingerprint density at radius 2 is 1.78 bits per heavy atom. The van der Waals surface area contributed by atoms with E-state index in [1.807, 2.05) is 25.1 Å². The minimum atomic E-state index is -0.253. The molecule has 3 heteroatoms. The topological polar surface area (TPSA) is 35.2 Å². The lowest BCUT2D eigenvalue weighted by Gasteiger charge is -2.16. The van der Waals surface area contributed by atoms with E-state index in [0.29, 0.717) is 0 Å². The largest absolute Gasteiger partial charge is 0.497 e. The van der Waals surface area contributed by atoms with E-state index in [2.05, 4.69) is 0 Å². The van der Waals surface area contributed by atoms with Crippen LogP contribution in [0.1, 0.15) is 22.7 Å². The number of ether oxygens (including phenoxy) is 1. The second-order valence-electron chi connectivity index (χ2n) is 4.25. The van der Waals surface area contributed by atoms with Crippen LogP contribution in [0.25, 0.3) is 0 Å². The molecule has 2 rings (SSSR count). The summed E-state index contributed by atoms with van der Waals surface area (Å²) in [5.41, 5.74) is 9.17. The number of methoxy groups -OCH3 is 1. The third-order valence-corrected chi connectivity index (χ3v) is 3.04. The number of aryl methyl sites for hydroxylation is 1. The quantitative estimate of drug-likeness (QED) is 0.901. The SMILES string of the molecule is COc1ccc(C(N)c2ccc(F)cc2)c(C)c1. The molecule has 2 aromatic rings. The first-order valence-electron chi connectivity index (χ1n) is 5.77. The number of rotatable bonds is 3. The van der Waals surface area contributed by atoms with E-state index in [1.54, 1.807) is 19.2 Å². The summed E-state index contributed by atoms with van der Waals surface area (Å²) in [6.45, 7) is 1.99. The molecule has 0 amide bonds. The van der Waals surface area contributed by atoms with Crippen molar-refractivity contribution in [2.24, 2.45) is 5.73 Å². The van der Waals surface area contributed by atoms with Gasteiger partial charge < -0.3 is 10.5 Å². The van der Waals surface area contributed by atoms with Crippen LogP contribution < -0.4 is 10.5 Å². The van der Waals surface area contributed by atoms with E-state index in [4.69, 9.17) is 10.5 Å². The van der Waals surface area contributed by atoms with Crippen molar-refractivity contribution < 1.29 is 9.13 Å².